The highest BCUT2D eigenvalue weighted by molar-refractivity contribution is 5.35. The van der Waals surface area contributed by atoms with Gasteiger partial charge >= 0.3 is 0 Å². The van der Waals surface area contributed by atoms with Gasteiger partial charge in [-0.05, 0) is 25.5 Å². The van der Waals surface area contributed by atoms with Crippen LogP contribution in [-0.2, 0) is 6.42 Å². The molecule has 13 heavy (non-hydrogen) atoms. The maximum atomic E-state index is 4.35. The van der Waals surface area contributed by atoms with Crippen LogP contribution in [0.15, 0.2) is 12.1 Å². The molecule has 0 aromatic carbocycles. The summed E-state index contributed by atoms with van der Waals surface area (Å²) in [6, 6.07) is 3.88. The molecule has 4 heteroatoms. The average Bonchev–Trinajstić information content (AvgIpc) is 2.49. The Balaban J connectivity index is 2.58. The normalized spacial score (nSPS) is 10.9. The maximum absolute atomic E-state index is 4.35. The van der Waals surface area contributed by atoms with Crippen molar-refractivity contribution in [2.45, 2.75) is 26.7 Å². The standard InChI is InChI=1S/C9H12N4/c1-3-4-8-10-11-9-6-5-7(2)12-13(8)9/h5-6H,3-4H2,1-2H3. The Morgan fingerprint density at radius 3 is 2.92 bits per heavy atom. The Hall–Kier alpha value is -1.45. The van der Waals surface area contributed by atoms with E-state index in [0.717, 1.165) is 30.0 Å². The maximum Gasteiger partial charge on any atom is 0.177 e. The molecule has 4 nitrogen and oxygen atoms in total. The van der Waals surface area contributed by atoms with Crippen LogP contribution in [0.25, 0.3) is 5.65 Å². The number of nitrogens with zero attached hydrogens (tertiary/aromatic N) is 4. The summed E-state index contributed by atoms with van der Waals surface area (Å²) in [6.45, 7) is 4.09. The fourth-order valence-electron chi connectivity index (χ4n) is 1.30. The van der Waals surface area contributed by atoms with Crippen molar-refractivity contribution in [3.63, 3.8) is 0 Å². The van der Waals surface area contributed by atoms with Gasteiger partial charge < -0.3 is 0 Å². The van der Waals surface area contributed by atoms with Gasteiger partial charge in [-0.15, -0.1) is 10.2 Å². The highest BCUT2D eigenvalue weighted by Gasteiger charge is 2.04. The molecule has 0 saturated heterocycles. The minimum absolute atomic E-state index is 0.828. The van der Waals surface area contributed by atoms with Crippen molar-refractivity contribution < 1.29 is 0 Å². The van der Waals surface area contributed by atoms with Gasteiger partial charge in [0.1, 0.15) is 0 Å². The number of hydrogen-bond acceptors (Lipinski definition) is 3. The Bertz CT molecular complexity index is 418. The largest absolute Gasteiger partial charge is 0.197 e. The molecule has 0 N–H and O–H groups in total. The molecular formula is C9H12N4. The van der Waals surface area contributed by atoms with Gasteiger partial charge in [-0.3, -0.25) is 0 Å². The van der Waals surface area contributed by atoms with Gasteiger partial charge in [-0.2, -0.15) is 9.61 Å². The number of fused-ring (bicyclic) bond motifs is 1. The number of hydrogen-bond donors (Lipinski definition) is 0. The predicted octanol–water partition coefficient (Wildman–Crippen LogP) is 1.39. The van der Waals surface area contributed by atoms with Crippen LogP contribution in [0.5, 0.6) is 0 Å². The molecule has 0 fully saturated rings. The van der Waals surface area contributed by atoms with Gasteiger partial charge in [0.15, 0.2) is 11.5 Å². The van der Waals surface area contributed by atoms with Crippen LogP contribution in [-0.4, -0.2) is 19.8 Å². The molecule has 0 aliphatic rings. The Kier molecular flexibility index (Phi) is 1.96. The Labute approximate surface area is 76.6 Å². The zero-order chi connectivity index (χ0) is 9.26. The molecule has 68 valence electrons. The third-order valence-corrected chi connectivity index (χ3v) is 1.93. The summed E-state index contributed by atoms with van der Waals surface area (Å²) in [5.41, 5.74) is 1.82. The van der Waals surface area contributed by atoms with Gasteiger partial charge in [0.2, 0.25) is 0 Å². The van der Waals surface area contributed by atoms with Crippen molar-refractivity contribution in [2.24, 2.45) is 0 Å². The van der Waals surface area contributed by atoms with Crippen LogP contribution in [0.2, 0.25) is 0 Å². The minimum atomic E-state index is 0.828. The average molecular weight is 176 g/mol. The summed E-state index contributed by atoms with van der Waals surface area (Å²) in [5, 5.41) is 12.5. The van der Waals surface area contributed by atoms with Crippen LogP contribution in [0, 0.1) is 6.92 Å². The number of aromatic nitrogens is 4. The highest BCUT2D eigenvalue weighted by Crippen LogP contribution is 2.04. The zero-order valence-corrected chi connectivity index (χ0v) is 7.86. The molecule has 0 radical (unpaired) electrons. The molecule has 0 spiro atoms. The lowest BCUT2D eigenvalue weighted by Crippen LogP contribution is -1.99. The first-order valence-electron chi connectivity index (χ1n) is 4.49. The number of aryl methyl sites for hydroxylation is 2. The van der Waals surface area contributed by atoms with E-state index >= 15 is 0 Å². The number of rotatable bonds is 2. The summed E-state index contributed by atoms with van der Waals surface area (Å²) < 4.78 is 1.82. The minimum Gasteiger partial charge on any atom is -0.197 e. The van der Waals surface area contributed by atoms with Gasteiger partial charge in [-0.1, -0.05) is 6.92 Å². The SMILES string of the molecule is CCCc1nnc2ccc(C)nn12. The molecule has 0 atom stereocenters. The first kappa shape index (κ1) is 8.16. The lowest BCUT2D eigenvalue weighted by Gasteiger charge is -1.96. The van der Waals surface area contributed by atoms with Crippen molar-refractivity contribution in [2.75, 3.05) is 0 Å². The van der Waals surface area contributed by atoms with Crippen LogP contribution in [0.1, 0.15) is 24.9 Å². The zero-order valence-electron chi connectivity index (χ0n) is 7.86. The van der Waals surface area contributed by atoms with E-state index in [4.69, 9.17) is 0 Å². The third-order valence-electron chi connectivity index (χ3n) is 1.93. The van der Waals surface area contributed by atoms with E-state index in [2.05, 4.69) is 22.2 Å². The van der Waals surface area contributed by atoms with E-state index in [0.29, 0.717) is 0 Å². The monoisotopic (exact) mass is 176 g/mol. The van der Waals surface area contributed by atoms with E-state index in [-0.39, 0.29) is 0 Å². The van der Waals surface area contributed by atoms with E-state index < -0.39 is 0 Å². The lowest BCUT2D eigenvalue weighted by molar-refractivity contribution is 0.761. The summed E-state index contributed by atoms with van der Waals surface area (Å²) >= 11 is 0. The molecule has 2 heterocycles. The van der Waals surface area contributed by atoms with Crippen molar-refractivity contribution in [1.29, 1.82) is 0 Å². The summed E-state index contributed by atoms with van der Waals surface area (Å²) in [5.74, 6) is 0.946. The second-order valence-corrected chi connectivity index (χ2v) is 3.11. The molecule has 2 aromatic rings. The van der Waals surface area contributed by atoms with Crippen molar-refractivity contribution >= 4 is 5.65 Å². The van der Waals surface area contributed by atoms with Crippen LogP contribution in [0.4, 0.5) is 0 Å². The molecule has 0 bridgehead atoms. The lowest BCUT2D eigenvalue weighted by atomic mass is 10.3. The second-order valence-electron chi connectivity index (χ2n) is 3.11. The van der Waals surface area contributed by atoms with Gasteiger partial charge in [0.25, 0.3) is 0 Å². The van der Waals surface area contributed by atoms with Crippen molar-refractivity contribution in [3.05, 3.63) is 23.7 Å². The molecular weight excluding hydrogens is 164 g/mol. The van der Waals surface area contributed by atoms with Crippen LogP contribution < -0.4 is 0 Å². The first-order chi connectivity index (χ1) is 6.31. The van der Waals surface area contributed by atoms with E-state index in [9.17, 15) is 0 Å². The van der Waals surface area contributed by atoms with Gasteiger partial charge in [-0.25, -0.2) is 0 Å². The van der Waals surface area contributed by atoms with E-state index in [1.54, 1.807) is 0 Å². The molecule has 2 aromatic heterocycles. The Morgan fingerprint density at radius 1 is 1.31 bits per heavy atom. The molecule has 0 unspecified atom stereocenters. The summed E-state index contributed by atoms with van der Waals surface area (Å²) in [6.07, 6.45) is 1.99. The van der Waals surface area contributed by atoms with Gasteiger partial charge in [0, 0.05) is 6.42 Å². The third kappa shape index (κ3) is 1.39. The van der Waals surface area contributed by atoms with Crippen LogP contribution in [0.3, 0.4) is 0 Å². The fourth-order valence-corrected chi connectivity index (χ4v) is 1.30. The first-order valence-corrected chi connectivity index (χ1v) is 4.49. The quantitative estimate of drug-likeness (QED) is 0.694. The van der Waals surface area contributed by atoms with E-state index in [1.165, 1.54) is 0 Å². The van der Waals surface area contributed by atoms with E-state index in [1.807, 2.05) is 23.6 Å². The molecule has 0 amide bonds. The molecule has 0 aliphatic carbocycles. The van der Waals surface area contributed by atoms with Crippen molar-refractivity contribution in [1.82, 2.24) is 19.8 Å². The summed E-state index contributed by atoms with van der Waals surface area (Å²) in [7, 11) is 0. The highest BCUT2D eigenvalue weighted by atomic mass is 15.4. The molecule has 0 saturated carbocycles. The topological polar surface area (TPSA) is 43.1 Å². The van der Waals surface area contributed by atoms with Crippen molar-refractivity contribution in [3.8, 4) is 0 Å². The smallest absolute Gasteiger partial charge is 0.177 e. The second kappa shape index (κ2) is 3.12. The fraction of sp³-hybridized carbons (Fsp3) is 0.444. The molecule has 0 aliphatic heterocycles. The predicted molar refractivity (Wildman–Crippen MR) is 49.5 cm³/mol. The summed E-state index contributed by atoms with van der Waals surface area (Å²) in [4.78, 5) is 0. The Morgan fingerprint density at radius 2 is 2.15 bits per heavy atom. The van der Waals surface area contributed by atoms with Gasteiger partial charge in [0.05, 0.1) is 5.69 Å². The van der Waals surface area contributed by atoms with Crippen LogP contribution >= 0.6 is 0 Å². The molecule has 2 rings (SSSR count).